The first kappa shape index (κ1) is 13.6. The Hall–Kier alpha value is -1.82. The van der Waals surface area contributed by atoms with E-state index in [4.69, 9.17) is 4.74 Å². The topological polar surface area (TPSA) is 82.6 Å². The number of aromatic amines is 1. The van der Waals surface area contributed by atoms with Crippen molar-refractivity contribution >= 4 is 5.91 Å². The van der Waals surface area contributed by atoms with Crippen molar-refractivity contribution in [2.24, 2.45) is 5.92 Å². The molecule has 2 N–H and O–H groups in total. The van der Waals surface area contributed by atoms with E-state index < -0.39 is 5.56 Å². The van der Waals surface area contributed by atoms with Gasteiger partial charge in [0.2, 0.25) is 0 Å². The van der Waals surface area contributed by atoms with Crippen molar-refractivity contribution in [3.63, 3.8) is 0 Å². The summed E-state index contributed by atoms with van der Waals surface area (Å²) in [6.07, 6.45) is 0.898. The minimum absolute atomic E-state index is 0.127. The zero-order valence-corrected chi connectivity index (χ0v) is 10.9. The SMILES string of the molecule is CCOC[C@@H]1CCN(C(=O)c2cc(O)cc(=O)[nH]2)C1. The van der Waals surface area contributed by atoms with Gasteiger partial charge in [-0.1, -0.05) is 0 Å². The number of pyridine rings is 1. The molecule has 6 nitrogen and oxygen atoms in total. The van der Waals surface area contributed by atoms with Crippen LogP contribution in [0.15, 0.2) is 16.9 Å². The Bertz CT molecular complexity index is 512. The lowest BCUT2D eigenvalue weighted by Gasteiger charge is -2.16. The van der Waals surface area contributed by atoms with E-state index in [0.29, 0.717) is 32.2 Å². The zero-order chi connectivity index (χ0) is 13.8. The van der Waals surface area contributed by atoms with Gasteiger partial charge >= 0.3 is 0 Å². The van der Waals surface area contributed by atoms with E-state index >= 15 is 0 Å². The number of hydrogen-bond acceptors (Lipinski definition) is 4. The molecule has 1 fully saturated rings. The van der Waals surface area contributed by atoms with Crippen LogP contribution in [0, 0.1) is 5.92 Å². The van der Waals surface area contributed by atoms with E-state index in [1.165, 1.54) is 6.07 Å². The Balaban J connectivity index is 2.03. The zero-order valence-electron chi connectivity index (χ0n) is 10.9. The summed E-state index contributed by atoms with van der Waals surface area (Å²) in [6, 6.07) is 2.32. The Morgan fingerprint density at radius 2 is 2.37 bits per heavy atom. The second kappa shape index (κ2) is 5.88. The Morgan fingerprint density at radius 3 is 3.05 bits per heavy atom. The minimum Gasteiger partial charge on any atom is -0.508 e. The molecule has 6 heteroatoms. The average Bonchev–Trinajstić information content (AvgIpc) is 2.83. The summed E-state index contributed by atoms with van der Waals surface area (Å²) in [6.45, 7) is 4.53. The average molecular weight is 266 g/mol. The maximum Gasteiger partial charge on any atom is 0.270 e. The molecule has 0 spiro atoms. The highest BCUT2D eigenvalue weighted by Gasteiger charge is 2.27. The van der Waals surface area contributed by atoms with Crippen LogP contribution in [0.3, 0.4) is 0 Å². The second-order valence-electron chi connectivity index (χ2n) is 4.68. The van der Waals surface area contributed by atoms with Crippen LogP contribution in [0.1, 0.15) is 23.8 Å². The van der Waals surface area contributed by atoms with E-state index in [-0.39, 0.29) is 17.4 Å². The summed E-state index contributed by atoms with van der Waals surface area (Å²) in [7, 11) is 0. The summed E-state index contributed by atoms with van der Waals surface area (Å²) in [5, 5.41) is 9.34. The lowest BCUT2D eigenvalue weighted by molar-refractivity contribution is 0.0756. The van der Waals surface area contributed by atoms with Crippen molar-refractivity contribution < 1.29 is 14.6 Å². The molecule has 0 aliphatic carbocycles. The maximum absolute atomic E-state index is 12.2. The molecule has 104 valence electrons. The number of likely N-dealkylation sites (tertiary alicyclic amines) is 1. The number of nitrogens with one attached hydrogen (secondary N) is 1. The number of carbonyl (C=O) groups is 1. The molecular weight excluding hydrogens is 248 g/mol. The van der Waals surface area contributed by atoms with Gasteiger partial charge in [0.15, 0.2) is 0 Å². The predicted molar refractivity (Wildman–Crippen MR) is 69.2 cm³/mol. The van der Waals surface area contributed by atoms with Crippen LogP contribution >= 0.6 is 0 Å². The van der Waals surface area contributed by atoms with E-state index in [2.05, 4.69) is 4.98 Å². The minimum atomic E-state index is -0.478. The van der Waals surface area contributed by atoms with Gasteiger partial charge in [0, 0.05) is 37.7 Å². The summed E-state index contributed by atoms with van der Waals surface area (Å²) in [5.41, 5.74) is -0.351. The lowest BCUT2D eigenvalue weighted by Crippen LogP contribution is -2.31. The van der Waals surface area contributed by atoms with Gasteiger partial charge < -0.3 is 19.7 Å². The number of aromatic nitrogens is 1. The van der Waals surface area contributed by atoms with Crippen LogP contribution < -0.4 is 5.56 Å². The van der Waals surface area contributed by atoms with Crippen LogP contribution in [0.5, 0.6) is 5.75 Å². The molecule has 1 aromatic heterocycles. The molecule has 0 saturated carbocycles. The molecular formula is C13H18N2O4. The summed E-state index contributed by atoms with van der Waals surface area (Å²) in [4.78, 5) is 27.5. The van der Waals surface area contributed by atoms with Gasteiger partial charge in [0.05, 0.1) is 6.61 Å². The first-order chi connectivity index (χ1) is 9.10. The third-order valence-electron chi connectivity index (χ3n) is 3.19. The number of carbonyl (C=O) groups excluding carboxylic acids is 1. The molecule has 1 saturated heterocycles. The third kappa shape index (κ3) is 3.35. The van der Waals surface area contributed by atoms with Gasteiger partial charge in [0.25, 0.3) is 11.5 Å². The largest absolute Gasteiger partial charge is 0.508 e. The molecule has 1 aromatic rings. The van der Waals surface area contributed by atoms with Crippen LogP contribution in [-0.2, 0) is 4.74 Å². The quantitative estimate of drug-likeness (QED) is 0.835. The molecule has 2 rings (SSSR count). The second-order valence-corrected chi connectivity index (χ2v) is 4.68. The fraction of sp³-hybridized carbons (Fsp3) is 0.538. The van der Waals surface area contributed by atoms with Gasteiger partial charge in [0.1, 0.15) is 11.4 Å². The number of hydrogen-bond donors (Lipinski definition) is 2. The number of H-pyrrole nitrogens is 1. The van der Waals surface area contributed by atoms with E-state index in [0.717, 1.165) is 12.5 Å². The van der Waals surface area contributed by atoms with Crippen molar-refractivity contribution in [1.29, 1.82) is 0 Å². The summed E-state index contributed by atoms with van der Waals surface area (Å²) < 4.78 is 5.35. The van der Waals surface area contributed by atoms with Crippen molar-refractivity contribution in [3.05, 3.63) is 28.2 Å². The fourth-order valence-electron chi connectivity index (χ4n) is 2.25. The predicted octanol–water partition coefficient (Wildman–Crippen LogP) is 0.579. The normalized spacial score (nSPS) is 18.8. The van der Waals surface area contributed by atoms with Crippen LogP contribution in [0.4, 0.5) is 0 Å². The molecule has 0 aromatic carbocycles. The van der Waals surface area contributed by atoms with Crippen molar-refractivity contribution in [2.75, 3.05) is 26.3 Å². The molecule has 1 atom stereocenters. The first-order valence-electron chi connectivity index (χ1n) is 6.40. The number of amides is 1. The fourth-order valence-corrected chi connectivity index (χ4v) is 2.25. The molecule has 0 bridgehead atoms. The number of nitrogens with zero attached hydrogens (tertiary/aromatic N) is 1. The Morgan fingerprint density at radius 1 is 1.58 bits per heavy atom. The smallest absolute Gasteiger partial charge is 0.270 e. The molecule has 0 unspecified atom stereocenters. The first-order valence-corrected chi connectivity index (χ1v) is 6.40. The van der Waals surface area contributed by atoms with E-state index in [1.807, 2.05) is 6.92 Å². The van der Waals surface area contributed by atoms with E-state index in [9.17, 15) is 14.7 Å². The highest BCUT2D eigenvalue weighted by atomic mass is 16.5. The molecule has 1 amide bonds. The molecule has 1 aliphatic heterocycles. The standard InChI is InChI=1S/C13H18N2O4/c1-2-19-8-9-3-4-15(7-9)13(18)11-5-10(16)6-12(17)14-11/h5-6,9H,2-4,7-8H2,1H3,(H2,14,16,17)/t9-/m1/s1. The van der Waals surface area contributed by atoms with Gasteiger partial charge in [-0.05, 0) is 13.3 Å². The lowest BCUT2D eigenvalue weighted by atomic mass is 10.1. The van der Waals surface area contributed by atoms with Crippen molar-refractivity contribution in [1.82, 2.24) is 9.88 Å². The van der Waals surface area contributed by atoms with Crippen molar-refractivity contribution in [2.45, 2.75) is 13.3 Å². The molecule has 2 heterocycles. The highest BCUT2D eigenvalue weighted by molar-refractivity contribution is 5.92. The molecule has 1 aliphatic rings. The van der Waals surface area contributed by atoms with Gasteiger partial charge in [-0.25, -0.2) is 0 Å². The number of ether oxygens (including phenoxy) is 1. The summed E-state index contributed by atoms with van der Waals surface area (Å²) in [5.74, 6) is -0.114. The van der Waals surface area contributed by atoms with Gasteiger partial charge in [-0.3, -0.25) is 9.59 Å². The maximum atomic E-state index is 12.2. The van der Waals surface area contributed by atoms with E-state index in [1.54, 1.807) is 4.90 Å². The van der Waals surface area contributed by atoms with Crippen molar-refractivity contribution in [3.8, 4) is 5.75 Å². The highest BCUT2D eigenvalue weighted by Crippen LogP contribution is 2.19. The van der Waals surface area contributed by atoms with Crippen LogP contribution in [0.2, 0.25) is 0 Å². The van der Waals surface area contributed by atoms with Crippen LogP contribution in [0.25, 0.3) is 0 Å². The monoisotopic (exact) mass is 266 g/mol. The molecule has 0 radical (unpaired) electrons. The molecule has 19 heavy (non-hydrogen) atoms. The number of rotatable bonds is 4. The van der Waals surface area contributed by atoms with Gasteiger partial charge in [-0.15, -0.1) is 0 Å². The Labute approximate surface area is 111 Å². The number of aromatic hydroxyl groups is 1. The van der Waals surface area contributed by atoms with Gasteiger partial charge in [-0.2, -0.15) is 0 Å². The third-order valence-corrected chi connectivity index (χ3v) is 3.19. The summed E-state index contributed by atoms with van der Waals surface area (Å²) >= 11 is 0. The Kier molecular flexibility index (Phi) is 4.21. The van der Waals surface area contributed by atoms with Crippen LogP contribution in [-0.4, -0.2) is 47.2 Å².